The summed E-state index contributed by atoms with van der Waals surface area (Å²) in [6, 6.07) is 8.21. The number of para-hydroxylation sites is 1. The summed E-state index contributed by atoms with van der Waals surface area (Å²) >= 11 is 1.71. The molecule has 1 aliphatic rings. The fourth-order valence-electron chi connectivity index (χ4n) is 4.09. The molecule has 6 heteroatoms. The number of H-pyrrole nitrogens is 1. The Labute approximate surface area is 169 Å². The molecular weight excluding hydrogens is 370 g/mol. The summed E-state index contributed by atoms with van der Waals surface area (Å²) in [6.07, 6.45) is 4.14. The first-order chi connectivity index (χ1) is 13.6. The van der Waals surface area contributed by atoms with Crippen LogP contribution in [0.3, 0.4) is 0 Å². The molecule has 0 fully saturated rings. The average molecular weight is 399 g/mol. The number of nitrogens with two attached hydrogens (primary N) is 1. The summed E-state index contributed by atoms with van der Waals surface area (Å²) < 4.78 is 5.43. The highest BCUT2D eigenvalue weighted by molar-refractivity contribution is 7.18. The third kappa shape index (κ3) is 3.71. The van der Waals surface area contributed by atoms with E-state index in [4.69, 9.17) is 9.72 Å². The maximum atomic E-state index is 12.8. The molecule has 2 atom stereocenters. The number of aromatic nitrogens is 2. The lowest BCUT2D eigenvalue weighted by atomic mass is 9.89. The standard InChI is InChI=1S/C22H27N3O2S/c1-13-8-9-16-18(12-13)28-22-19(16)21(26)24-20(25-22)14(2)23-11-10-15-6-4-5-7-17(15)27-3/h4-7,13-14,23H,8-12H2,1-3H3,(H,24,25,26)/p+1/t13-,14-/m0/s1. The lowest BCUT2D eigenvalue weighted by molar-refractivity contribution is -0.693. The lowest BCUT2D eigenvalue weighted by Gasteiger charge is -2.17. The normalized spacial score (nSPS) is 17.5. The maximum absolute atomic E-state index is 12.8. The van der Waals surface area contributed by atoms with Crippen LogP contribution >= 0.6 is 11.3 Å². The summed E-state index contributed by atoms with van der Waals surface area (Å²) in [4.78, 5) is 22.9. The highest BCUT2D eigenvalue weighted by Gasteiger charge is 2.24. The molecule has 3 aromatic rings. The van der Waals surface area contributed by atoms with Crippen molar-refractivity contribution in [2.24, 2.45) is 5.92 Å². The number of fused-ring (bicyclic) bond motifs is 3. The molecule has 0 amide bonds. The van der Waals surface area contributed by atoms with Gasteiger partial charge in [0.05, 0.1) is 19.0 Å². The third-order valence-corrected chi connectivity index (χ3v) is 6.89. The zero-order valence-corrected chi connectivity index (χ0v) is 17.6. The van der Waals surface area contributed by atoms with Gasteiger partial charge in [-0.05, 0) is 49.3 Å². The number of ether oxygens (including phenoxy) is 1. The number of rotatable bonds is 6. The summed E-state index contributed by atoms with van der Waals surface area (Å²) in [7, 11) is 1.70. The SMILES string of the molecule is COc1ccccc1CC[NH2+][C@@H](C)c1nc2sc3c(c2c(=O)[nH]1)CC[C@H](C)C3. The Morgan fingerprint density at radius 3 is 3.04 bits per heavy atom. The number of aromatic amines is 1. The first kappa shape index (κ1) is 19.2. The van der Waals surface area contributed by atoms with Gasteiger partial charge in [0.2, 0.25) is 0 Å². The Morgan fingerprint density at radius 2 is 2.21 bits per heavy atom. The Hall–Kier alpha value is -2.18. The van der Waals surface area contributed by atoms with Crippen LogP contribution in [0.1, 0.15) is 48.1 Å². The van der Waals surface area contributed by atoms with Gasteiger partial charge in [-0.1, -0.05) is 25.1 Å². The molecule has 2 aromatic heterocycles. The van der Waals surface area contributed by atoms with Crippen LogP contribution in [0.25, 0.3) is 10.2 Å². The van der Waals surface area contributed by atoms with E-state index in [9.17, 15) is 4.79 Å². The number of thiophene rings is 1. The van der Waals surface area contributed by atoms with Crippen molar-refractivity contribution < 1.29 is 10.1 Å². The first-order valence-corrected chi connectivity index (χ1v) is 10.9. The number of hydrogen-bond acceptors (Lipinski definition) is 4. The minimum Gasteiger partial charge on any atom is -0.496 e. The van der Waals surface area contributed by atoms with Crippen molar-refractivity contribution in [3.8, 4) is 5.75 Å². The molecule has 148 valence electrons. The molecule has 4 rings (SSSR count). The van der Waals surface area contributed by atoms with Crippen molar-refractivity contribution in [2.75, 3.05) is 13.7 Å². The number of benzene rings is 1. The molecular formula is C22H28N3O2S+. The van der Waals surface area contributed by atoms with E-state index in [2.05, 4.69) is 30.2 Å². The zero-order chi connectivity index (χ0) is 19.7. The van der Waals surface area contributed by atoms with E-state index in [1.54, 1.807) is 18.4 Å². The number of nitrogens with zero attached hydrogens (tertiary/aromatic N) is 1. The van der Waals surface area contributed by atoms with Gasteiger partial charge >= 0.3 is 0 Å². The van der Waals surface area contributed by atoms with Crippen LogP contribution in [0.15, 0.2) is 29.1 Å². The number of hydrogen-bond donors (Lipinski definition) is 2. The van der Waals surface area contributed by atoms with Gasteiger partial charge in [-0.2, -0.15) is 0 Å². The predicted molar refractivity (Wildman–Crippen MR) is 113 cm³/mol. The molecule has 2 heterocycles. The second-order valence-electron chi connectivity index (χ2n) is 7.86. The summed E-state index contributed by atoms with van der Waals surface area (Å²) in [5.74, 6) is 2.39. The van der Waals surface area contributed by atoms with Gasteiger partial charge in [0.15, 0.2) is 5.82 Å². The number of methoxy groups -OCH3 is 1. The van der Waals surface area contributed by atoms with Crippen LogP contribution in [0.2, 0.25) is 0 Å². The second-order valence-corrected chi connectivity index (χ2v) is 8.94. The molecule has 3 N–H and O–H groups in total. The van der Waals surface area contributed by atoms with Crippen LogP contribution < -0.4 is 15.6 Å². The fraction of sp³-hybridized carbons (Fsp3) is 0.455. The molecule has 1 aliphatic carbocycles. The molecule has 5 nitrogen and oxygen atoms in total. The van der Waals surface area contributed by atoms with Gasteiger partial charge in [0.25, 0.3) is 5.56 Å². The molecule has 0 spiro atoms. The van der Waals surface area contributed by atoms with Crippen LogP contribution in [-0.2, 0) is 19.3 Å². The van der Waals surface area contributed by atoms with Crippen LogP contribution in [0, 0.1) is 5.92 Å². The van der Waals surface area contributed by atoms with Gasteiger partial charge in [-0.15, -0.1) is 11.3 Å². The molecule has 0 saturated carbocycles. The molecule has 0 aliphatic heterocycles. The van der Waals surface area contributed by atoms with Crippen molar-refractivity contribution in [2.45, 2.75) is 45.6 Å². The summed E-state index contributed by atoms with van der Waals surface area (Å²) in [5.41, 5.74) is 2.47. The molecule has 0 bridgehead atoms. The van der Waals surface area contributed by atoms with E-state index in [0.29, 0.717) is 5.92 Å². The molecule has 1 aromatic carbocycles. The number of nitrogens with one attached hydrogen (secondary N) is 1. The lowest BCUT2D eigenvalue weighted by Crippen LogP contribution is -2.85. The van der Waals surface area contributed by atoms with Crippen LogP contribution in [0.5, 0.6) is 5.75 Å². The van der Waals surface area contributed by atoms with E-state index in [0.717, 1.165) is 54.0 Å². The summed E-state index contributed by atoms with van der Waals surface area (Å²) in [6.45, 7) is 5.29. The minimum absolute atomic E-state index is 0.0250. The molecule has 0 saturated heterocycles. The maximum Gasteiger partial charge on any atom is 0.260 e. The predicted octanol–water partition coefficient (Wildman–Crippen LogP) is 2.99. The van der Waals surface area contributed by atoms with Crippen LogP contribution in [0.4, 0.5) is 0 Å². The van der Waals surface area contributed by atoms with E-state index in [1.807, 2.05) is 18.2 Å². The molecule has 0 radical (unpaired) electrons. The quantitative estimate of drug-likeness (QED) is 0.671. The monoisotopic (exact) mass is 398 g/mol. The third-order valence-electron chi connectivity index (χ3n) is 5.74. The van der Waals surface area contributed by atoms with Crippen molar-refractivity contribution >= 4 is 21.6 Å². The topological polar surface area (TPSA) is 71.6 Å². The highest BCUT2D eigenvalue weighted by Crippen LogP contribution is 2.35. The first-order valence-electron chi connectivity index (χ1n) is 10.1. The van der Waals surface area contributed by atoms with Gasteiger partial charge in [-0.25, -0.2) is 4.98 Å². The molecule has 28 heavy (non-hydrogen) atoms. The number of quaternary nitrogens is 1. The second kappa shape index (κ2) is 8.05. The van der Waals surface area contributed by atoms with E-state index in [1.165, 1.54) is 16.0 Å². The Bertz CT molecular complexity index is 1040. The van der Waals surface area contributed by atoms with Gasteiger partial charge in [-0.3, -0.25) is 4.79 Å². The van der Waals surface area contributed by atoms with Crippen molar-refractivity contribution in [3.05, 3.63) is 56.4 Å². The Kier molecular flexibility index (Phi) is 5.51. The fourth-order valence-corrected chi connectivity index (χ4v) is 5.48. The van der Waals surface area contributed by atoms with E-state index >= 15 is 0 Å². The van der Waals surface area contributed by atoms with Crippen molar-refractivity contribution in [3.63, 3.8) is 0 Å². The van der Waals surface area contributed by atoms with Crippen molar-refractivity contribution in [1.29, 1.82) is 0 Å². The van der Waals surface area contributed by atoms with Crippen molar-refractivity contribution in [1.82, 2.24) is 9.97 Å². The Morgan fingerprint density at radius 1 is 1.39 bits per heavy atom. The highest BCUT2D eigenvalue weighted by atomic mass is 32.1. The van der Waals surface area contributed by atoms with Gasteiger partial charge < -0.3 is 15.0 Å². The zero-order valence-electron chi connectivity index (χ0n) is 16.7. The Balaban J connectivity index is 1.50. The van der Waals surface area contributed by atoms with E-state index < -0.39 is 0 Å². The van der Waals surface area contributed by atoms with E-state index in [-0.39, 0.29) is 11.6 Å². The molecule has 0 unspecified atom stereocenters. The summed E-state index contributed by atoms with van der Waals surface area (Å²) in [5, 5.41) is 3.06. The van der Waals surface area contributed by atoms with Gasteiger partial charge in [0.1, 0.15) is 16.6 Å². The minimum atomic E-state index is 0.0250. The van der Waals surface area contributed by atoms with Crippen LogP contribution in [-0.4, -0.2) is 23.6 Å². The largest absolute Gasteiger partial charge is 0.496 e. The smallest absolute Gasteiger partial charge is 0.260 e. The van der Waals surface area contributed by atoms with Gasteiger partial charge in [0, 0.05) is 11.3 Å². The average Bonchev–Trinajstić information content (AvgIpc) is 3.06. The number of aryl methyl sites for hydroxylation is 1.